The van der Waals surface area contributed by atoms with Gasteiger partial charge >= 0.3 is 0 Å². The van der Waals surface area contributed by atoms with Crippen LogP contribution in [0.1, 0.15) is 0 Å². The van der Waals surface area contributed by atoms with E-state index < -0.39 is 0 Å². The van der Waals surface area contributed by atoms with Crippen LogP contribution >= 0.6 is 0 Å². The summed E-state index contributed by atoms with van der Waals surface area (Å²) in [5.41, 5.74) is 10.0. The molecule has 0 amide bonds. The number of furan rings is 1. The van der Waals surface area contributed by atoms with Crippen LogP contribution < -0.4 is 0 Å². The van der Waals surface area contributed by atoms with Crippen LogP contribution in [-0.4, -0.2) is 19.1 Å². The van der Waals surface area contributed by atoms with Gasteiger partial charge in [0.2, 0.25) is 5.95 Å². The van der Waals surface area contributed by atoms with Crippen molar-refractivity contribution < 1.29 is 4.42 Å². The van der Waals surface area contributed by atoms with Crippen LogP contribution in [0.25, 0.3) is 110 Å². The van der Waals surface area contributed by atoms with Gasteiger partial charge in [-0.25, -0.2) is 9.97 Å². The Morgan fingerprint density at radius 2 is 1.13 bits per heavy atom. The van der Waals surface area contributed by atoms with Crippen LogP contribution in [0, 0.1) is 0 Å². The third kappa shape index (κ3) is 3.96. The molecule has 0 atom stereocenters. The van der Waals surface area contributed by atoms with Gasteiger partial charge in [-0.15, -0.1) is 0 Å². The van der Waals surface area contributed by atoms with Crippen molar-refractivity contribution in [2.75, 3.05) is 0 Å². The largest absolute Gasteiger partial charge is 0.456 e. The fourth-order valence-corrected chi connectivity index (χ4v) is 8.62. The van der Waals surface area contributed by atoms with Gasteiger partial charge in [0.15, 0.2) is 0 Å². The molecule has 8 aromatic carbocycles. The first kappa shape index (κ1) is 28.5. The van der Waals surface area contributed by atoms with Gasteiger partial charge in [-0.2, -0.15) is 0 Å². The summed E-state index contributed by atoms with van der Waals surface area (Å²) in [5.74, 6) is 0.619. The van der Waals surface area contributed by atoms with E-state index in [1.165, 1.54) is 21.5 Å². The standard InChI is InChI=1S/C48H28N4O/c1-2-13-30(14-3-1)45-35-17-6-9-19-38(35)49-48(50-45)52-40-26-24-34-33-16-7-10-20-39(33)51(32-23-22-29-12-4-5-15-31(29)28-32)46(34)43(40)37-25-27-42-44(47(37)52)36-18-8-11-21-41(36)53-42/h1-28H. The van der Waals surface area contributed by atoms with E-state index in [0.717, 1.165) is 82.6 Å². The van der Waals surface area contributed by atoms with Gasteiger partial charge in [0.05, 0.1) is 38.7 Å². The highest BCUT2D eigenvalue weighted by Crippen LogP contribution is 2.45. The molecule has 12 rings (SSSR count). The Labute approximate surface area is 302 Å². The van der Waals surface area contributed by atoms with Crippen molar-refractivity contribution in [3.63, 3.8) is 0 Å². The minimum atomic E-state index is 0.619. The fraction of sp³-hybridized carbons (Fsp3) is 0. The van der Waals surface area contributed by atoms with Crippen LogP contribution in [0.5, 0.6) is 0 Å². The van der Waals surface area contributed by atoms with E-state index in [4.69, 9.17) is 14.4 Å². The molecule has 0 saturated carbocycles. The number of para-hydroxylation sites is 3. The zero-order chi connectivity index (χ0) is 34.6. The van der Waals surface area contributed by atoms with Gasteiger partial charge in [-0.3, -0.25) is 4.57 Å². The average molecular weight is 677 g/mol. The Hall–Kier alpha value is -7.24. The number of nitrogens with zero attached hydrogens (tertiary/aromatic N) is 4. The Morgan fingerprint density at radius 3 is 2.04 bits per heavy atom. The highest BCUT2D eigenvalue weighted by atomic mass is 16.3. The highest BCUT2D eigenvalue weighted by molar-refractivity contribution is 6.31. The number of hydrogen-bond donors (Lipinski definition) is 0. The van der Waals surface area contributed by atoms with Crippen molar-refractivity contribution in [3.8, 4) is 22.9 Å². The van der Waals surface area contributed by atoms with Crippen molar-refractivity contribution >= 4 is 87.2 Å². The van der Waals surface area contributed by atoms with E-state index in [-0.39, 0.29) is 0 Å². The maximum atomic E-state index is 6.52. The van der Waals surface area contributed by atoms with Crippen molar-refractivity contribution in [2.45, 2.75) is 0 Å². The second-order valence-corrected chi connectivity index (χ2v) is 13.8. The van der Waals surface area contributed by atoms with Crippen LogP contribution in [-0.2, 0) is 0 Å². The molecule has 5 heteroatoms. The van der Waals surface area contributed by atoms with Gasteiger partial charge in [0.25, 0.3) is 0 Å². The minimum Gasteiger partial charge on any atom is -0.456 e. The molecule has 0 unspecified atom stereocenters. The number of rotatable bonds is 3. The summed E-state index contributed by atoms with van der Waals surface area (Å²) in [6.07, 6.45) is 0. The Kier molecular flexibility index (Phi) is 5.71. The minimum absolute atomic E-state index is 0.619. The summed E-state index contributed by atoms with van der Waals surface area (Å²) in [6.45, 7) is 0. The SMILES string of the molecule is c1ccc(-c2nc(-n3c4ccc5c6ccccc6n(-c6ccc7ccccc7c6)c5c4c4ccc5oc6ccccc6c5c43)nc3ccccc23)cc1. The summed E-state index contributed by atoms with van der Waals surface area (Å²) >= 11 is 0. The second-order valence-electron chi connectivity index (χ2n) is 13.8. The van der Waals surface area contributed by atoms with Crippen LogP contribution in [0.15, 0.2) is 174 Å². The molecule has 0 bridgehead atoms. The van der Waals surface area contributed by atoms with E-state index in [1.807, 2.05) is 24.3 Å². The molecular formula is C48H28N4O. The van der Waals surface area contributed by atoms with Gasteiger partial charge in [0, 0.05) is 43.6 Å². The lowest BCUT2D eigenvalue weighted by atomic mass is 10.1. The van der Waals surface area contributed by atoms with E-state index in [2.05, 4.69) is 155 Å². The molecule has 0 saturated heterocycles. The zero-order valence-corrected chi connectivity index (χ0v) is 28.4. The predicted molar refractivity (Wildman–Crippen MR) is 218 cm³/mol. The van der Waals surface area contributed by atoms with E-state index in [1.54, 1.807) is 0 Å². The maximum absolute atomic E-state index is 6.52. The number of aromatic nitrogens is 4. The van der Waals surface area contributed by atoms with Gasteiger partial charge in [0.1, 0.15) is 11.2 Å². The summed E-state index contributed by atoms with van der Waals surface area (Å²) in [6, 6.07) is 60.0. The molecule has 12 aromatic rings. The average Bonchev–Trinajstić information content (AvgIpc) is 3.88. The third-order valence-corrected chi connectivity index (χ3v) is 10.9. The van der Waals surface area contributed by atoms with Gasteiger partial charge in [-0.05, 0) is 59.3 Å². The van der Waals surface area contributed by atoms with Gasteiger partial charge in [-0.1, -0.05) is 121 Å². The summed E-state index contributed by atoms with van der Waals surface area (Å²) in [4.78, 5) is 10.8. The highest BCUT2D eigenvalue weighted by Gasteiger charge is 2.25. The van der Waals surface area contributed by atoms with Crippen molar-refractivity contribution in [2.24, 2.45) is 0 Å². The number of hydrogen-bond acceptors (Lipinski definition) is 3. The molecule has 0 spiro atoms. The van der Waals surface area contributed by atoms with Crippen molar-refractivity contribution in [3.05, 3.63) is 170 Å². The van der Waals surface area contributed by atoms with Crippen LogP contribution in [0.3, 0.4) is 0 Å². The molecule has 4 aromatic heterocycles. The van der Waals surface area contributed by atoms with Crippen LogP contribution in [0.2, 0.25) is 0 Å². The molecule has 0 radical (unpaired) electrons. The molecule has 5 nitrogen and oxygen atoms in total. The first-order chi connectivity index (χ1) is 26.3. The Balaban J connectivity index is 1.31. The summed E-state index contributed by atoms with van der Waals surface area (Å²) in [5, 5.41) is 10.2. The van der Waals surface area contributed by atoms with Crippen molar-refractivity contribution in [1.29, 1.82) is 0 Å². The molecule has 0 aliphatic carbocycles. The van der Waals surface area contributed by atoms with Crippen molar-refractivity contribution in [1.82, 2.24) is 19.1 Å². The second kappa shape index (κ2) is 10.6. The van der Waals surface area contributed by atoms with Crippen LogP contribution in [0.4, 0.5) is 0 Å². The lowest BCUT2D eigenvalue weighted by Gasteiger charge is -2.12. The topological polar surface area (TPSA) is 48.8 Å². The molecule has 4 heterocycles. The van der Waals surface area contributed by atoms with E-state index in [0.29, 0.717) is 5.95 Å². The molecule has 0 aliphatic rings. The molecule has 53 heavy (non-hydrogen) atoms. The third-order valence-electron chi connectivity index (χ3n) is 10.9. The first-order valence-corrected chi connectivity index (χ1v) is 17.9. The predicted octanol–water partition coefficient (Wildman–Crippen LogP) is 12.5. The molecule has 246 valence electrons. The molecular weight excluding hydrogens is 649 g/mol. The fourth-order valence-electron chi connectivity index (χ4n) is 8.62. The lowest BCUT2D eigenvalue weighted by Crippen LogP contribution is -2.03. The Bertz CT molecular complexity index is 3460. The zero-order valence-electron chi connectivity index (χ0n) is 28.4. The van der Waals surface area contributed by atoms with Gasteiger partial charge < -0.3 is 8.98 Å². The molecule has 0 fully saturated rings. The maximum Gasteiger partial charge on any atom is 0.235 e. The monoisotopic (exact) mass is 676 g/mol. The number of fused-ring (bicyclic) bond motifs is 13. The normalized spacial score (nSPS) is 12.2. The number of benzene rings is 8. The summed E-state index contributed by atoms with van der Waals surface area (Å²) in [7, 11) is 0. The first-order valence-electron chi connectivity index (χ1n) is 17.9. The Morgan fingerprint density at radius 1 is 0.415 bits per heavy atom. The summed E-state index contributed by atoms with van der Waals surface area (Å²) < 4.78 is 11.2. The smallest absolute Gasteiger partial charge is 0.235 e. The lowest BCUT2D eigenvalue weighted by molar-refractivity contribution is 0.669. The van der Waals surface area contributed by atoms with E-state index >= 15 is 0 Å². The molecule has 0 N–H and O–H groups in total. The van der Waals surface area contributed by atoms with E-state index in [9.17, 15) is 0 Å². The quantitative estimate of drug-likeness (QED) is 0.187. The molecule has 0 aliphatic heterocycles.